The number of nitrogens with two attached hydrogens (primary N) is 1. The van der Waals surface area contributed by atoms with Crippen molar-refractivity contribution in [2.45, 2.75) is 12.8 Å². The van der Waals surface area contributed by atoms with Gasteiger partial charge in [0, 0.05) is 6.54 Å². The monoisotopic (exact) mass is 185 g/mol. The maximum absolute atomic E-state index is 10.7. The molecule has 1 heterocycles. The Kier molecular flexibility index (Phi) is 4.18. The number of likely N-dealkylation sites (tertiary alicyclic amines) is 1. The molecule has 1 aliphatic heterocycles. The molecule has 13 heavy (non-hydrogen) atoms. The summed E-state index contributed by atoms with van der Waals surface area (Å²) >= 11 is 0. The Morgan fingerprint density at radius 1 is 1.69 bits per heavy atom. The number of piperidine rings is 1. The van der Waals surface area contributed by atoms with Crippen LogP contribution in [0.25, 0.3) is 0 Å². The van der Waals surface area contributed by atoms with Gasteiger partial charge in [-0.2, -0.15) is 0 Å². The van der Waals surface area contributed by atoms with Crippen LogP contribution < -0.4 is 11.1 Å². The molecule has 1 aliphatic rings. The van der Waals surface area contributed by atoms with Crippen LogP contribution in [0, 0.1) is 5.92 Å². The molecule has 0 aliphatic carbocycles. The van der Waals surface area contributed by atoms with E-state index >= 15 is 0 Å². The number of rotatable bonds is 4. The smallest absolute Gasteiger partial charge is 0.231 e. The third-order valence-corrected chi connectivity index (χ3v) is 2.48. The van der Waals surface area contributed by atoms with E-state index in [2.05, 4.69) is 10.2 Å². The highest BCUT2D eigenvalue weighted by atomic mass is 16.1. The highest BCUT2D eigenvalue weighted by molar-refractivity contribution is 5.75. The summed E-state index contributed by atoms with van der Waals surface area (Å²) in [5, 5.41) is 3.17. The topological polar surface area (TPSA) is 58.4 Å². The molecule has 0 aromatic carbocycles. The second-order valence-electron chi connectivity index (χ2n) is 3.77. The van der Waals surface area contributed by atoms with E-state index in [1.807, 2.05) is 7.05 Å². The summed E-state index contributed by atoms with van der Waals surface area (Å²) in [5.41, 5.74) is 5.15. The first-order valence-electron chi connectivity index (χ1n) is 4.87. The van der Waals surface area contributed by atoms with Crippen LogP contribution in [0.4, 0.5) is 0 Å². The minimum Gasteiger partial charge on any atom is -0.369 e. The van der Waals surface area contributed by atoms with Gasteiger partial charge in [0.15, 0.2) is 0 Å². The van der Waals surface area contributed by atoms with Crippen LogP contribution in [0.3, 0.4) is 0 Å². The molecule has 0 aromatic rings. The van der Waals surface area contributed by atoms with Crippen LogP contribution in [0.15, 0.2) is 0 Å². The van der Waals surface area contributed by atoms with Gasteiger partial charge in [-0.05, 0) is 38.9 Å². The van der Waals surface area contributed by atoms with Crippen molar-refractivity contribution < 1.29 is 4.79 Å². The third kappa shape index (κ3) is 3.74. The lowest BCUT2D eigenvalue weighted by molar-refractivity contribution is -0.119. The van der Waals surface area contributed by atoms with Crippen LogP contribution in [0.2, 0.25) is 0 Å². The fourth-order valence-electron chi connectivity index (χ4n) is 1.97. The van der Waals surface area contributed by atoms with Gasteiger partial charge in [0.1, 0.15) is 0 Å². The standard InChI is InChI=1S/C9H19N3O/c1-11-5-8-3-2-4-12(6-8)7-9(10)13/h8,11H,2-7H2,1H3,(H2,10,13). The van der Waals surface area contributed by atoms with Crippen molar-refractivity contribution in [2.24, 2.45) is 11.7 Å². The second-order valence-corrected chi connectivity index (χ2v) is 3.77. The highest BCUT2D eigenvalue weighted by Gasteiger charge is 2.19. The zero-order chi connectivity index (χ0) is 9.68. The molecular weight excluding hydrogens is 166 g/mol. The highest BCUT2D eigenvalue weighted by Crippen LogP contribution is 2.14. The van der Waals surface area contributed by atoms with Gasteiger partial charge in [0.2, 0.25) is 5.91 Å². The van der Waals surface area contributed by atoms with Crippen LogP contribution >= 0.6 is 0 Å². The number of amides is 1. The lowest BCUT2D eigenvalue weighted by atomic mass is 9.98. The van der Waals surface area contributed by atoms with E-state index in [1.165, 1.54) is 12.8 Å². The van der Waals surface area contributed by atoms with Crippen LogP contribution in [0.1, 0.15) is 12.8 Å². The lowest BCUT2D eigenvalue weighted by Crippen LogP contribution is -2.43. The van der Waals surface area contributed by atoms with E-state index in [0.29, 0.717) is 12.5 Å². The Bertz CT molecular complexity index is 170. The van der Waals surface area contributed by atoms with Crippen molar-refractivity contribution >= 4 is 5.91 Å². The van der Waals surface area contributed by atoms with Crippen LogP contribution in [-0.4, -0.2) is 44.0 Å². The number of hydrogen-bond acceptors (Lipinski definition) is 3. The quantitative estimate of drug-likeness (QED) is 0.615. The van der Waals surface area contributed by atoms with E-state index in [4.69, 9.17) is 5.73 Å². The van der Waals surface area contributed by atoms with Crippen molar-refractivity contribution in [2.75, 3.05) is 33.2 Å². The molecule has 1 unspecified atom stereocenters. The summed E-state index contributed by atoms with van der Waals surface area (Å²) in [6, 6.07) is 0. The van der Waals surface area contributed by atoms with E-state index < -0.39 is 0 Å². The van der Waals surface area contributed by atoms with Gasteiger partial charge < -0.3 is 11.1 Å². The largest absolute Gasteiger partial charge is 0.369 e. The number of carbonyl (C=O) groups excluding carboxylic acids is 1. The Labute approximate surface area is 79.5 Å². The van der Waals surface area contributed by atoms with Gasteiger partial charge in [0.05, 0.1) is 6.54 Å². The minimum absolute atomic E-state index is 0.217. The first kappa shape index (κ1) is 10.5. The van der Waals surface area contributed by atoms with Crippen molar-refractivity contribution in [3.05, 3.63) is 0 Å². The maximum atomic E-state index is 10.7. The number of primary amides is 1. The Hall–Kier alpha value is -0.610. The molecule has 1 rings (SSSR count). The van der Waals surface area contributed by atoms with Gasteiger partial charge in [-0.15, -0.1) is 0 Å². The molecule has 3 N–H and O–H groups in total. The SMILES string of the molecule is CNCC1CCCN(CC(N)=O)C1. The Morgan fingerprint density at radius 2 is 2.46 bits per heavy atom. The van der Waals surface area contributed by atoms with E-state index in [1.54, 1.807) is 0 Å². The zero-order valence-corrected chi connectivity index (χ0v) is 8.25. The molecule has 1 atom stereocenters. The average Bonchev–Trinajstić information content (AvgIpc) is 2.04. The number of nitrogens with zero attached hydrogens (tertiary/aromatic N) is 1. The fraction of sp³-hybridized carbons (Fsp3) is 0.889. The predicted molar refractivity (Wildman–Crippen MR) is 52.3 cm³/mol. The zero-order valence-electron chi connectivity index (χ0n) is 8.25. The van der Waals surface area contributed by atoms with E-state index in [0.717, 1.165) is 19.6 Å². The summed E-state index contributed by atoms with van der Waals surface area (Å²) in [6.07, 6.45) is 2.44. The van der Waals surface area contributed by atoms with Gasteiger partial charge in [-0.3, -0.25) is 9.69 Å². The molecule has 76 valence electrons. The first-order valence-corrected chi connectivity index (χ1v) is 4.87. The van der Waals surface area contributed by atoms with E-state index in [-0.39, 0.29) is 5.91 Å². The summed E-state index contributed by atoms with van der Waals surface area (Å²) in [6.45, 7) is 3.47. The Balaban J connectivity index is 2.28. The van der Waals surface area contributed by atoms with Crippen LogP contribution in [-0.2, 0) is 4.79 Å². The summed E-state index contributed by atoms with van der Waals surface area (Å²) < 4.78 is 0. The van der Waals surface area contributed by atoms with Gasteiger partial charge in [-0.25, -0.2) is 0 Å². The van der Waals surface area contributed by atoms with Crippen LogP contribution in [0.5, 0.6) is 0 Å². The summed E-state index contributed by atoms with van der Waals surface area (Å²) in [7, 11) is 1.97. The molecule has 0 radical (unpaired) electrons. The number of nitrogens with one attached hydrogen (secondary N) is 1. The number of hydrogen-bond donors (Lipinski definition) is 2. The molecule has 1 fully saturated rings. The molecule has 0 aromatic heterocycles. The van der Waals surface area contributed by atoms with Crippen molar-refractivity contribution in [3.63, 3.8) is 0 Å². The minimum atomic E-state index is -0.217. The maximum Gasteiger partial charge on any atom is 0.231 e. The molecule has 1 amide bonds. The third-order valence-electron chi connectivity index (χ3n) is 2.48. The molecule has 4 heteroatoms. The predicted octanol–water partition coefficient (Wildman–Crippen LogP) is -0.597. The van der Waals surface area contributed by atoms with E-state index in [9.17, 15) is 4.79 Å². The number of carbonyl (C=O) groups is 1. The summed E-state index contributed by atoms with van der Waals surface area (Å²) in [4.78, 5) is 12.8. The first-order chi connectivity index (χ1) is 6.22. The second kappa shape index (κ2) is 5.19. The van der Waals surface area contributed by atoms with Crippen molar-refractivity contribution in [1.29, 1.82) is 0 Å². The van der Waals surface area contributed by atoms with Gasteiger partial charge >= 0.3 is 0 Å². The van der Waals surface area contributed by atoms with Crippen molar-refractivity contribution in [3.8, 4) is 0 Å². The van der Waals surface area contributed by atoms with Gasteiger partial charge in [0.25, 0.3) is 0 Å². The fourth-order valence-corrected chi connectivity index (χ4v) is 1.97. The molecule has 0 saturated carbocycles. The summed E-state index contributed by atoms with van der Waals surface area (Å²) in [5.74, 6) is 0.461. The average molecular weight is 185 g/mol. The molecule has 0 bridgehead atoms. The Morgan fingerprint density at radius 3 is 3.08 bits per heavy atom. The van der Waals surface area contributed by atoms with Crippen molar-refractivity contribution in [1.82, 2.24) is 10.2 Å². The molecule has 4 nitrogen and oxygen atoms in total. The van der Waals surface area contributed by atoms with Gasteiger partial charge in [-0.1, -0.05) is 0 Å². The molecular formula is C9H19N3O. The molecule has 0 spiro atoms. The molecule has 1 saturated heterocycles. The lowest BCUT2D eigenvalue weighted by Gasteiger charge is -2.31. The normalized spacial score (nSPS) is 24.5.